The van der Waals surface area contributed by atoms with E-state index in [-0.39, 0.29) is 0 Å². The van der Waals surface area contributed by atoms with E-state index in [1.807, 2.05) is 6.92 Å². The van der Waals surface area contributed by atoms with Crippen LogP contribution in [-0.4, -0.2) is 20.2 Å². The lowest BCUT2D eigenvalue weighted by atomic mass is 10.2. The van der Waals surface area contributed by atoms with Crippen molar-refractivity contribution >= 4 is 22.3 Å². The van der Waals surface area contributed by atoms with Crippen LogP contribution in [0, 0.1) is 6.92 Å². The van der Waals surface area contributed by atoms with Crippen LogP contribution in [0.25, 0.3) is 11.3 Å². The van der Waals surface area contributed by atoms with Crippen LogP contribution < -0.4 is 5.32 Å². The molecular weight excluding hydrogens is 277 g/mol. The Balaban J connectivity index is 1.86. The van der Waals surface area contributed by atoms with Crippen LogP contribution in [0.3, 0.4) is 0 Å². The molecule has 0 saturated carbocycles. The minimum Gasteiger partial charge on any atom is -0.316 e. The van der Waals surface area contributed by atoms with Crippen LogP contribution in [0.5, 0.6) is 0 Å². The fourth-order valence-electron chi connectivity index (χ4n) is 1.83. The summed E-state index contributed by atoms with van der Waals surface area (Å²) >= 11 is 1.52. The van der Waals surface area contributed by atoms with Crippen LogP contribution in [-0.2, 0) is 6.67 Å². The molecule has 0 unspecified atom stereocenters. The Morgan fingerprint density at radius 3 is 3.00 bits per heavy atom. The van der Waals surface area contributed by atoms with Gasteiger partial charge in [-0.25, -0.2) is 14.4 Å². The Kier molecular flexibility index (Phi) is 3.42. The first-order valence-corrected chi connectivity index (χ1v) is 6.83. The van der Waals surface area contributed by atoms with E-state index in [0.717, 1.165) is 21.3 Å². The Morgan fingerprint density at radius 2 is 2.25 bits per heavy atom. The molecule has 0 saturated heterocycles. The molecule has 3 aromatic rings. The lowest BCUT2D eigenvalue weighted by Crippen LogP contribution is -1.95. The summed E-state index contributed by atoms with van der Waals surface area (Å²) in [4.78, 5) is 9.75. The van der Waals surface area contributed by atoms with Crippen molar-refractivity contribution in [2.24, 2.45) is 0 Å². The van der Waals surface area contributed by atoms with Gasteiger partial charge in [0.1, 0.15) is 12.5 Å². The highest BCUT2D eigenvalue weighted by Gasteiger charge is 2.11. The SMILES string of the molecule is Cc1sc(Nc2cccc(CF)n2)nc1-c1cn[nH]c1. The number of aryl methyl sites for hydroxylation is 1. The van der Waals surface area contributed by atoms with Gasteiger partial charge in [-0.15, -0.1) is 11.3 Å². The van der Waals surface area contributed by atoms with Crippen molar-refractivity contribution in [1.29, 1.82) is 0 Å². The Labute approximate surface area is 118 Å². The summed E-state index contributed by atoms with van der Waals surface area (Å²) in [5, 5.41) is 10.5. The molecule has 0 spiro atoms. The average molecular weight is 289 g/mol. The number of aromatic nitrogens is 4. The smallest absolute Gasteiger partial charge is 0.189 e. The minimum atomic E-state index is -0.577. The molecular formula is C13H12FN5S. The van der Waals surface area contributed by atoms with E-state index >= 15 is 0 Å². The number of anilines is 2. The quantitative estimate of drug-likeness (QED) is 0.772. The van der Waals surface area contributed by atoms with Gasteiger partial charge in [0.2, 0.25) is 0 Å². The summed E-state index contributed by atoms with van der Waals surface area (Å²) in [6.45, 7) is 1.42. The number of nitrogens with zero attached hydrogens (tertiary/aromatic N) is 3. The second kappa shape index (κ2) is 5.38. The van der Waals surface area contributed by atoms with Crippen LogP contribution in [0.2, 0.25) is 0 Å². The third kappa shape index (κ3) is 2.53. The molecule has 3 rings (SSSR count). The number of hydrogen-bond donors (Lipinski definition) is 2. The predicted octanol–water partition coefficient (Wildman–Crippen LogP) is 3.45. The van der Waals surface area contributed by atoms with Crippen molar-refractivity contribution in [3.05, 3.63) is 41.2 Å². The van der Waals surface area contributed by atoms with E-state index < -0.39 is 6.67 Å². The number of alkyl halides is 1. The van der Waals surface area contributed by atoms with Crippen LogP contribution in [0.15, 0.2) is 30.6 Å². The van der Waals surface area contributed by atoms with Gasteiger partial charge in [-0.2, -0.15) is 5.10 Å². The molecule has 0 aliphatic heterocycles. The van der Waals surface area contributed by atoms with Gasteiger partial charge in [-0.05, 0) is 19.1 Å². The van der Waals surface area contributed by atoms with Crippen LogP contribution in [0.1, 0.15) is 10.6 Å². The molecule has 5 nitrogen and oxygen atoms in total. The standard InChI is InChI=1S/C13H12FN5S/c1-8-12(9-6-15-16-7-9)19-13(20-8)18-11-4-2-3-10(5-14)17-11/h2-4,6-7H,5H2,1H3,(H,15,16)(H,17,18,19). The van der Waals surface area contributed by atoms with E-state index in [9.17, 15) is 4.39 Å². The fourth-order valence-corrected chi connectivity index (χ4v) is 2.67. The number of halogens is 1. The van der Waals surface area contributed by atoms with Gasteiger partial charge >= 0.3 is 0 Å². The van der Waals surface area contributed by atoms with Crippen molar-refractivity contribution in [2.45, 2.75) is 13.6 Å². The van der Waals surface area contributed by atoms with Gasteiger partial charge in [0.25, 0.3) is 0 Å². The molecule has 0 atom stereocenters. The second-order valence-electron chi connectivity index (χ2n) is 4.18. The maximum atomic E-state index is 12.6. The third-order valence-electron chi connectivity index (χ3n) is 2.75. The first-order chi connectivity index (χ1) is 9.76. The predicted molar refractivity (Wildman–Crippen MR) is 76.8 cm³/mol. The van der Waals surface area contributed by atoms with Crippen LogP contribution >= 0.6 is 11.3 Å². The molecule has 20 heavy (non-hydrogen) atoms. The van der Waals surface area contributed by atoms with Crippen molar-refractivity contribution in [3.8, 4) is 11.3 Å². The van der Waals surface area contributed by atoms with E-state index in [1.165, 1.54) is 11.3 Å². The molecule has 3 aromatic heterocycles. The molecule has 0 bridgehead atoms. The van der Waals surface area contributed by atoms with Gasteiger partial charge in [-0.3, -0.25) is 5.10 Å². The highest BCUT2D eigenvalue weighted by Crippen LogP contribution is 2.31. The van der Waals surface area contributed by atoms with Crippen LogP contribution in [0.4, 0.5) is 15.3 Å². The van der Waals surface area contributed by atoms with Gasteiger partial charge in [0, 0.05) is 16.6 Å². The van der Waals surface area contributed by atoms with Crippen molar-refractivity contribution < 1.29 is 4.39 Å². The number of nitrogens with one attached hydrogen (secondary N) is 2. The molecule has 0 aliphatic carbocycles. The number of hydrogen-bond acceptors (Lipinski definition) is 5. The number of aromatic amines is 1. The minimum absolute atomic E-state index is 0.401. The molecule has 0 aromatic carbocycles. The largest absolute Gasteiger partial charge is 0.316 e. The van der Waals surface area contributed by atoms with E-state index in [1.54, 1.807) is 30.6 Å². The van der Waals surface area contributed by atoms with E-state index in [4.69, 9.17) is 0 Å². The molecule has 0 fully saturated rings. The lowest BCUT2D eigenvalue weighted by molar-refractivity contribution is 0.476. The van der Waals surface area contributed by atoms with E-state index in [2.05, 4.69) is 25.5 Å². The van der Waals surface area contributed by atoms with E-state index in [0.29, 0.717) is 11.5 Å². The average Bonchev–Trinajstić information content (AvgIpc) is 3.08. The Hall–Kier alpha value is -2.28. The highest BCUT2D eigenvalue weighted by molar-refractivity contribution is 7.16. The monoisotopic (exact) mass is 289 g/mol. The van der Waals surface area contributed by atoms with Gasteiger partial charge in [0.15, 0.2) is 5.13 Å². The van der Waals surface area contributed by atoms with Gasteiger partial charge < -0.3 is 5.32 Å². The number of H-pyrrole nitrogens is 1. The fraction of sp³-hybridized carbons (Fsp3) is 0.154. The maximum Gasteiger partial charge on any atom is 0.189 e. The molecule has 0 aliphatic rings. The highest BCUT2D eigenvalue weighted by atomic mass is 32.1. The summed E-state index contributed by atoms with van der Waals surface area (Å²) in [6, 6.07) is 5.20. The molecule has 2 N–H and O–H groups in total. The number of thiazole rings is 1. The van der Waals surface area contributed by atoms with Crippen molar-refractivity contribution in [3.63, 3.8) is 0 Å². The maximum absolute atomic E-state index is 12.6. The Bertz CT molecular complexity index is 707. The first-order valence-electron chi connectivity index (χ1n) is 6.02. The topological polar surface area (TPSA) is 66.5 Å². The lowest BCUT2D eigenvalue weighted by Gasteiger charge is -2.02. The second-order valence-corrected chi connectivity index (χ2v) is 5.39. The zero-order valence-electron chi connectivity index (χ0n) is 10.7. The zero-order valence-corrected chi connectivity index (χ0v) is 11.5. The Morgan fingerprint density at radius 1 is 1.35 bits per heavy atom. The van der Waals surface area contributed by atoms with Gasteiger partial charge in [-0.1, -0.05) is 6.07 Å². The molecule has 0 amide bonds. The van der Waals surface area contributed by atoms with Crippen molar-refractivity contribution in [2.75, 3.05) is 5.32 Å². The molecule has 0 radical (unpaired) electrons. The summed E-state index contributed by atoms with van der Waals surface area (Å²) in [5.41, 5.74) is 2.23. The zero-order chi connectivity index (χ0) is 13.9. The molecule has 3 heterocycles. The number of rotatable bonds is 4. The normalized spacial score (nSPS) is 10.7. The summed E-state index contributed by atoms with van der Waals surface area (Å²) in [6.07, 6.45) is 3.53. The number of pyridine rings is 1. The third-order valence-corrected chi connectivity index (χ3v) is 3.63. The first kappa shape index (κ1) is 12.7. The van der Waals surface area contributed by atoms with Crippen molar-refractivity contribution in [1.82, 2.24) is 20.2 Å². The van der Waals surface area contributed by atoms with Gasteiger partial charge in [0.05, 0.1) is 17.6 Å². The summed E-state index contributed by atoms with van der Waals surface area (Å²) in [7, 11) is 0. The summed E-state index contributed by atoms with van der Waals surface area (Å²) < 4.78 is 12.6. The summed E-state index contributed by atoms with van der Waals surface area (Å²) in [5.74, 6) is 0.590. The molecule has 102 valence electrons. The molecule has 7 heteroatoms.